The molecule has 6 nitrogen and oxygen atoms in total. The second kappa shape index (κ2) is 5.91. The van der Waals surface area contributed by atoms with Gasteiger partial charge in [-0.1, -0.05) is 23.2 Å². The summed E-state index contributed by atoms with van der Waals surface area (Å²) in [5.74, 6) is 0. The van der Waals surface area contributed by atoms with Gasteiger partial charge in [0.1, 0.15) is 4.90 Å². The highest BCUT2D eigenvalue weighted by Crippen LogP contribution is 2.33. The summed E-state index contributed by atoms with van der Waals surface area (Å²) in [6, 6.07) is 2.87. The molecule has 0 unspecified atom stereocenters. The lowest BCUT2D eigenvalue weighted by Crippen LogP contribution is -2.13. The Morgan fingerprint density at radius 1 is 1.29 bits per heavy atom. The van der Waals surface area contributed by atoms with Crippen LogP contribution in [0.25, 0.3) is 10.9 Å². The fourth-order valence-electron chi connectivity index (χ4n) is 2.26. The zero-order valence-electron chi connectivity index (χ0n) is 12.0. The molecule has 128 valence electrons. The summed E-state index contributed by atoms with van der Waals surface area (Å²) in [7, 11) is -2.72. The van der Waals surface area contributed by atoms with Gasteiger partial charge in [-0.2, -0.15) is 5.10 Å². The minimum atomic E-state index is -4.14. The van der Waals surface area contributed by atoms with Gasteiger partial charge < -0.3 is 4.98 Å². The van der Waals surface area contributed by atoms with Crippen LogP contribution >= 0.6 is 23.2 Å². The van der Waals surface area contributed by atoms with Gasteiger partial charge in [-0.3, -0.25) is 9.40 Å². The van der Waals surface area contributed by atoms with Gasteiger partial charge >= 0.3 is 0 Å². The zero-order valence-corrected chi connectivity index (χ0v) is 14.3. The number of aryl methyl sites for hydroxylation is 1. The molecule has 0 saturated carbocycles. The number of H-pyrrole nitrogens is 1. The topological polar surface area (TPSA) is 79.8 Å². The third-order valence-electron chi connectivity index (χ3n) is 3.28. The molecule has 0 radical (unpaired) electrons. The second-order valence-electron chi connectivity index (χ2n) is 4.97. The summed E-state index contributed by atoms with van der Waals surface area (Å²) < 4.78 is 54.3. The molecule has 2 N–H and O–H groups in total. The molecule has 0 aliphatic heterocycles. The number of anilines is 1. The molecular formula is C13H10Cl2F2N4O2S. The largest absolute Gasteiger partial charge is 0.360 e. The molecule has 1 aromatic carbocycles. The molecule has 2 aromatic heterocycles. The van der Waals surface area contributed by atoms with Crippen molar-refractivity contribution in [2.24, 2.45) is 7.05 Å². The summed E-state index contributed by atoms with van der Waals surface area (Å²) >= 11 is 11.8. The van der Waals surface area contributed by atoms with Crippen LogP contribution in [0, 0.1) is 0 Å². The van der Waals surface area contributed by atoms with E-state index >= 15 is 0 Å². The number of halogens is 4. The van der Waals surface area contributed by atoms with E-state index in [1.807, 2.05) is 0 Å². The molecule has 11 heteroatoms. The van der Waals surface area contributed by atoms with Crippen LogP contribution in [-0.2, 0) is 17.1 Å². The van der Waals surface area contributed by atoms with E-state index in [1.165, 1.54) is 25.4 Å². The van der Waals surface area contributed by atoms with E-state index in [0.29, 0.717) is 10.9 Å². The van der Waals surface area contributed by atoms with Crippen LogP contribution in [0.15, 0.2) is 29.4 Å². The first-order valence-corrected chi connectivity index (χ1v) is 8.73. The second-order valence-corrected chi connectivity index (χ2v) is 7.44. The standard InChI is InChI=1S/C13H10Cl2F2N4O2S/c1-21-5-10(12(19-21)13(16)17)20-24(22,23)11-4-18-9-3-8(15)7(14)2-6(9)11/h2-5,13,18,20H,1H3. The highest BCUT2D eigenvalue weighted by atomic mass is 35.5. The smallest absolute Gasteiger partial charge is 0.284 e. The summed E-state index contributed by atoms with van der Waals surface area (Å²) in [5, 5.41) is 4.28. The molecule has 2 heterocycles. The van der Waals surface area contributed by atoms with Crippen LogP contribution in [0.4, 0.5) is 14.5 Å². The molecule has 24 heavy (non-hydrogen) atoms. The number of rotatable bonds is 4. The highest BCUT2D eigenvalue weighted by molar-refractivity contribution is 7.93. The van der Waals surface area contributed by atoms with Crippen molar-refractivity contribution in [1.82, 2.24) is 14.8 Å². The fourth-order valence-corrected chi connectivity index (χ4v) is 3.82. The molecule has 3 rings (SSSR count). The monoisotopic (exact) mass is 394 g/mol. The fraction of sp³-hybridized carbons (Fsp3) is 0.154. The van der Waals surface area contributed by atoms with Gasteiger partial charge in [0.25, 0.3) is 16.4 Å². The number of nitrogens with one attached hydrogen (secondary N) is 2. The van der Waals surface area contributed by atoms with Crippen LogP contribution in [0.5, 0.6) is 0 Å². The first-order chi connectivity index (χ1) is 11.2. The number of hydrogen-bond acceptors (Lipinski definition) is 3. The summed E-state index contributed by atoms with van der Waals surface area (Å²) in [4.78, 5) is 2.62. The number of aromatic nitrogens is 3. The van der Waals surface area contributed by atoms with E-state index < -0.39 is 22.1 Å². The SMILES string of the molecule is Cn1cc(NS(=O)(=O)c2c[nH]c3cc(Cl)c(Cl)cc23)c(C(F)F)n1. The number of fused-ring (bicyclic) bond motifs is 1. The van der Waals surface area contributed by atoms with Crippen LogP contribution in [-0.4, -0.2) is 23.2 Å². The Labute approximate surface area is 145 Å². The zero-order chi connectivity index (χ0) is 17.6. The first-order valence-electron chi connectivity index (χ1n) is 6.49. The Kier molecular flexibility index (Phi) is 4.18. The molecule has 0 spiro atoms. The summed E-state index contributed by atoms with van der Waals surface area (Å²) in [6.45, 7) is 0. The van der Waals surface area contributed by atoms with Crippen molar-refractivity contribution in [1.29, 1.82) is 0 Å². The average molecular weight is 395 g/mol. The van der Waals surface area contributed by atoms with E-state index in [-0.39, 0.29) is 20.6 Å². The lowest BCUT2D eigenvalue weighted by atomic mass is 10.2. The molecule has 0 saturated heterocycles. The quantitative estimate of drug-likeness (QED) is 0.702. The molecule has 0 aliphatic rings. The molecule has 0 aliphatic carbocycles. The maximum atomic E-state index is 13.0. The first kappa shape index (κ1) is 17.0. The number of benzene rings is 1. The van der Waals surface area contributed by atoms with Crippen LogP contribution in [0.2, 0.25) is 10.0 Å². The van der Waals surface area contributed by atoms with Gasteiger partial charge in [0.2, 0.25) is 0 Å². The van der Waals surface area contributed by atoms with Crippen LogP contribution < -0.4 is 4.72 Å². The van der Waals surface area contributed by atoms with Crippen molar-refractivity contribution in [3.8, 4) is 0 Å². The average Bonchev–Trinajstić information content (AvgIpc) is 3.03. The van der Waals surface area contributed by atoms with Gasteiger partial charge in [0, 0.05) is 30.3 Å². The van der Waals surface area contributed by atoms with E-state index in [1.54, 1.807) is 0 Å². The van der Waals surface area contributed by atoms with Crippen LogP contribution in [0.3, 0.4) is 0 Å². The van der Waals surface area contributed by atoms with Gasteiger partial charge in [0.05, 0.1) is 15.7 Å². The van der Waals surface area contributed by atoms with Gasteiger partial charge in [0.15, 0.2) is 5.69 Å². The lowest BCUT2D eigenvalue weighted by molar-refractivity contribution is 0.146. The van der Waals surface area contributed by atoms with E-state index in [2.05, 4.69) is 14.8 Å². The number of alkyl halides is 2. The Morgan fingerprint density at radius 3 is 2.62 bits per heavy atom. The molecule has 0 bridgehead atoms. The maximum Gasteiger partial charge on any atom is 0.284 e. The molecule has 0 amide bonds. The van der Waals surface area contributed by atoms with Gasteiger partial charge in [-0.15, -0.1) is 0 Å². The number of sulfonamides is 1. The Hall–Kier alpha value is -1.84. The molecule has 3 aromatic rings. The minimum absolute atomic E-state index is 0.139. The van der Waals surface area contributed by atoms with Crippen molar-refractivity contribution in [3.05, 3.63) is 40.3 Å². The van der Waals surface area contributed by atoms with E-state index in [9.17, 15) is 17.2 Å². The third-order valence-corrected chi connectivity index (χ3v) is 5.41. The van der Waals surface area contributed by atoms with E-state index in [4.69, 9.17) is 23.2 Å². The normalized spacial score (nSPS) is 12.2. The number of nitrogens with zero attached hydrogens (tertiary/aromatic N) is 2. The Morgan fingerprint density at radius 2 is 1.96 bits per heavy atom. The number of aromatic amines is 1. The van der Waals surface area contributed by atoms with Crippen molar-refractivity contribution in [2.45, 2.75) is 11.3 Å². The summed E-state index contributed by atoms with van der Waals surface area (Å²) in [5.41, 5.74) is -0.492. The minimum Gasteiger partial charge on any atom is -0.360 e. The van der Waals surface area contributed by atoms with Crippen molar-refractivity contribution in [3.63, 3.8) is 0 Å². The van der Waals surface area contributed by atoms with Gasteiger partial charge in [-0.25, -0.2) is 17.2 Å². The Balaban J connectivity index is 2.08. The lowest BCUT2D eigenvalue weighted by Gasteiger charge is -2.07. The molecule has 0 atom stereocenters. The third kappa shape index (κ3) is 2.94. The number of hydrogen-bond donors (Lipinski definition) is 2. The predicted octanol–water partition coefficient (Wildman–Crippen LogP) is 3.95. The molecular weight excluding hydrogens is 385 g/mol. The van der Waals surface area contributed by atoms with Crippen molar-refractivity contribution < 1.29 is 17.2 Å². The highest BCUT2D eigenvalue weighted by Gasteiger charge is 2.25. The predicted molar refractivity (Wildman–Crippen MR) is 87.3 cm³/mol. The van der Waals surface area contributed by atoms with Crippen molar-refractivity contribution in [2.75, 3.05) is 4.72 Å². The van der Waals surface area contributed by atoms with Crippen molar-refractivity contribution >= 4 is 49.8 Å². The summed E-state index contributed by atoms with van der Waals surface area (Å²) in [6.07, 6.45) is -0.518. The molecule has 0 fully saturated rings. The van der Waals surface area contributed by atoms with Gasteiger partial charge in [-0.05, 0) is 12.1 Å². The van der Waals surface area contributed by atoms with E-state index in [0.717, 1.165) is 10.9 Å². The maximum absolute atomic E-state index is 13.0. The van der Waals surface area contributed by atoms with Crippen LogP contribution in [0.1, 0.15) is 12.1 Å². The Bertz CT molecular complexity index is 1030.